The second-order valence-corrected chi connectivity index (χ2v) is 4.22. The molecule has 0 aliphatic rings. The van der Waals surface area contributed by atoms with Crippen molar-refractivity contribution in [1.29, 1.82) is 0 Å². The summed E-state index contributed by atoms with van der Waals surface area (Å²) in [5, 5.41) is 4.20. The van der Waals surface area contributed by atoms with Gasteiger partial charge in [0.05, 0.1) is 0 Å². The first-order chi connectivity index (χ1) is 7.75. The maximum absolute atomic E-state index is 5.96. The molecule has 0 aromatic heterocycles. The molecular weight excluding hydrogens is 218 g/mol. The lowest BCUT2D eigenvalue weighted by atomic mass is 10.1. The minimum Gasteiger partial charge on any atom is -0.379 e. The van der Waals surface area contributed by atoms with Gasteiger partial charge >= 0.3 is 0 Å². The van der Waals surface area contributed by atoms with Crippen molar-refractivity contribution in [2.45, 2.75) is 13.0 Å². The minimum absolute atomic E-state index is 0.251. The molecule has 0 fully saturated rings. The first kappa shape index (κ1) is 11.0. The molecule has 0 bridgehead atoms. The van der Waals surface area contributed by atoms with Gasteiger partial charge < -0.3 is 5.32 Å². The monoisotopic (exact) mass is 231 g/mol. The Morgan fingerprint density at radius 3 is 2.44 bits per heavy atom. The molecule has 0 saturated carbocycles. The Labute approximate surface area is 101 Å². The number of benzene rings is 2. The van der Waals surface area contributed by atoms with Gasteiger partial charge in [-0.3, -0.25) is 0 Å². The molecule has 0 unspecified atom stereocenters. The van der Waals surface area contributed by atoms with Crippen molar-refractivity contribution in [3.8, 4) is 0 Å². The highest BCUT2D eigenvalue weighted by Gasteiger charge is 2.04. The summed E-state index contributed by atoms with van der Waals surface area (Å²) >= 11 is 5.96. The number of nitrogens with one attached hydrogen (secondary N) is 1. The summed E-state index contributed by atoms with van der Waals surface area (Å²) in [6.07, 6.45) is 0. The average molecular weight is 232 g/mol. The molecule has 1 atom stereocenters. The van der Waals surface area contributed by atoms with Crippen molar-refractivity contribution in [2.75, 3.05) is 5.32 Å². The fraction of sp³-hybridized carbons (Fsp3) is 0.143. The van der Waals surface area contributed by atoms with E-state index in [4.69, 9.17) is 11.6 Å². The number of hydrogen-bond acceptors (Lipinski definition) is 1. The van der Waals surface area contributed by atoms with Crippen LogP contribution in [-0.2, 0) is 0 Å². The highest BCUT2D eigenvalue weighted by molar-refractivity contribution is 6.30. The van der Waals surface area contributed by atoms with Crippen LogP contribution in [0.4, 0.5) is 5.69 Å². The molecule has 0 amide bonds. The summed E-state index contributed by atoms with van der Waals surface area (Å²) in [5.74, 6) is 0. The Kier molecular flexibility index (Phi) is 3.47. The Balaban J connectivity index is 2.12. The summed E-state index contributed by atoms with van der Waals surface area (Å²) in [7, 11) is 0. The van der Waals surface area contributed by atoms with E-state index in [-0.39, 0.29) is 6.04 Å². The number of hydrogen-bond donors (Lipinski definition) is 1. The lowest BCUT2D eigenvalue weighted by Crippen LogP contribution is -2.06. The van der Waals surface area contributed by atoms with E-state index < -0.39 is 0 Å². The van der Waals surface area contributed by atoms with E-state index in [1.165, 1.54) is 5.56 Å². The van der Waals surface area contributed by atoms with Gasteiger partial charge in [-0.1, -0.05) is 41.9 Å². The molecule has 16 heavy (non-hydrogen) atoms. The van der Waals surface area contributed by atoms with Crippen LogP contribution in [0.15, 0.2) is 54.6 Å². The fourth-order valence-electron chi connectivity index (χ4n) is 1.64. The zero-order valence-electron chi connectivity index (χ0n) is 9.15. The largest absolute Gasteiger partial charge is 0.379 e. The van der Waals surface area contributed by atoms with Crippen LogP contribution in [0.2, 0.25) is 5.02 Å². The molecule has 0 aliphatic carbocycles. The Bertz CT molecular complexity index is 453. The van der Waals surface area contributed by atoms with E-state index in [9.17, 15) is 0 Å². The third kappa shape index (κ3) is 2.77. The predicted molar refractivity (Wildman–Crippen MR) is 69.9 cm³/mol. The summed E-state index contributed by atoms with van der Waals surface area (Å²) < 4.78 is 0. The summed E-state index contributed by atoms with van der Waals surface area (Å²) in [4.78, 5) is 0. The van der Waals surface area contributed by atoms with Crippen LogP contribution in [0, 0.1) is 0 Å². The third-order valence-corrected chi connectivity index (χ3v) is 2.74. The molecule has 2 heteroatoms. The van der Waals surface area contributed by atoms with Crippen LogP contribution in [0.5, 0.6) is 0 Å². The minimum atomic E-state index is 0.251. The predicted octanol–water partition coefficient (Wildman–Crippen LogP) is 4.51. The standard InChI is InChI=1S/C14H14ClN/c1-11(12-6-5-7-13(15)10-12)16-14-8-3-2-4-9-14/h2-11,16H,1H3/t11-/m1/s1. The second-order valence-electron chi connectivity index (χ2n) is 3.79. The smallest absolute Gasteiger partial charge is 0.0486 e. The number of para-hydroxylation sites is 1. The van der Waals surface area contributed by atoms with Crippen molar-refractivity contribution in [2.24, 2.45) is 0 Å². The van der Waals surface area contributed by atoms with E-state index in [2.05, 4.69) is 30.4 Å². The molecule has 0 spiro atoms. The van der Waals surface area contributed by atoms with Crippen molar-refractivity contribution < 1.29 is 0 Å². The van der Waals surface area contributed by atoms with Gasteiger partial charge in [-0.2, -0.15) is 0 Å². The summed E-state index contributed by atoms with van der Waals surface area (Å²) in [6.45, 7) is 2.12. The maximum Gasteiger partial charge on any atom is 0.0486 e. The highest BCUT2D eigenvalue weighted by Crippen LogP contribution is 2.21. The fourth-order valence-corrected chi connectivity index (χ4v) is 1.84. The molecule has 2 aromatic carbocycles. The zero-order chi connectivity index (χ0) is 11.4. The Morgan fingerprint density at radius 2 is 1.75 bits per heavy atom. The van der Waals surface area contributed by atoms with Gasteiger partial charge in [0.15, 0.2) is 0 Å². The maximum atomic E-state index is 5.96. The molecule has 0 heterocycles. The molecule has 0 saturated heterocycles. The van der Waals surface area contributed by atoms with E-state index in [1.807, 2.05) is 36.4 Å². The summed E-state index contributed by atoms with van der Waals surface area (Å²) in [5.41, 5.74) is 2.31. The van der Waals surface area contributed by atoms with Gasteiger partial charge in [0.2, 0.25) is 0 Å². The van der Waals surface area contributed by atoms with Crippen LogP contribution >= 0.6 is 11.6 Å². The SMILES string of the molecule is C[C@@H](Nc1ccccc1)c1cccc(Cl)c1. The molecule has 1 N–H and O–H groups in total. The first-order valence-electron chi connectivity index (χ1n) is 5.33. The third-order valence-electron chi connectivity index (χ3n) is 2.51. The van der Waals surface area contributed by atoms with Crippen molar-refractivity contribution in [1.82, 2.24) is 0 Å². The normalized spacial score (nSPS) is 12.1. The van der Waals surface area contributed by atoms with E-state index in [1.54, 1.807) is 0 Å². The van der Waals surface area contributed by atoms with Crippen molar-refractivity contribution in [3.63, 3.8) is 0 Å². The number of anilines is 1. The van der Waals surface area contributed by atoms with Crippen molar-refractivity contribution in [3.05, 3.63) is 65.2 Å². The number of rotatable bonds is 3. The molecule has 0 radical (unpaired) electrons. The van der Waals surface area contributed by atoms with Crippen LogP contribution < -0.4 is 5.32 Å². The number of halogens is 1. The quantitative estimate of drug-likeness (QED) is 0.820. The van der Waals surface area contributed by atoms with Gasteiger partial charge in [0.1, 0.15) is 0 Å². The Morgan fingerprint density at radius 1 is 1.00 bits per heavy atom. The Hall–Kier alpha value is -1.47. The summed E-state index contributed by atoms with van der Waals surface area (Å²) in [6, 6.07) is 18.3. The topological polar surface area (TPSA) is 12.0 Å². The van der Waals surface area contributed by atoms with E-state index >= 15 is 0 Å². The van der Waals surface area contributed by atoms with E-state index in [0.717, 1.165) is 10.7 Å². The van der Waals surface area contributed by atoms with Gasteiger partial charge in [-0.15, -0.1) is 0 Å². The van der Waals surface area contributed by atoms with Gasteiger partial charge in [0.25, 0.3) is 0 Å². The van der Waals surface area contributed by atoms with Gasteiger partial charge in [-0.05, 0) is 36.8 Å². The van der Waals surface area contributed by atoms with Crippen LogP contribution in [-0.4, -0.2) is 0 Å². The average Bonchev–Trinajstić information content (AvgIpc) is 2.30. The van der Waals surface area contributed by atoms with Crippen LogP contribution in [0.1, 0.15) is 18.5 Å². The highest BCUT2D eigenvalue weighted by atomic mass is 35.5. The first-order valence-corrected chi connectivity index (χ1v) is 5.70. The lowest BCUT2D eigenvalue weighted by molar-refractivity contribution is 0.885. The molecule has 2 aromatic rings. The molecule has 2 rings (SSSR count). The van der Waals surface area contributed by atoms with Gasteiger partial charge in [-0.25, -0.2) is 0 Å². The molecule has 1 nitrogen and oxygen atoms in total. The van der Waals surface area contributed by atoms with Crippen LogP contribution in [0.3, 0.4) is 0 Å². The van der Waals surface area contributed by atoms with Crippen LogP contribution in [0.25, 0.3) is 0 Å². The second kappa shape index (κ2) is 5.04. The molecule has 82 valence electrons. The van der Waals surface area contributed by atoms with Gasteiger partial charge in [0, 0.05) is 16.8 Å². The van der Waals surface area contributed by atoms with Crippen molar-refractivity contribution >= 4 is 17.3 Å². The zero-order valence-corrected chi connectivity index (χ0v) is 9.91. The molecular formula is C14H14ClN. The lowest BCUT2D eigenvalue weighted by Gasteiger charge is -2.15. The molecule has 0 aliphatic heterocycles. The van der Waals surface area contributed by atoms with E-state index in [0.29, 0.717) is 0 Å².